The third kappa shape index (κ3) is 9.69. The van der Waals surface area contributed by atoms with Gasteiger partial charge >= 0.3 is 0 Å². The maximum absolute atomic E-state index is 12.9. The predicted molar refractivity (Wildman–Crippen MR) is 208 cm³/mol. The number of hydrogen-bond acceptors (Lipinski definition) is 9. The third-order valence-electron chi connectivity index (χ3n) is 7.61. The average molecular weight is 733 g/mol. The first-order valence-electron chi connectivity index (χ1n) is 16.7. The number of ether oxygens (including phenoxy) is 4. The number of thiazole rings is 1. The van der Waals surface area contributed by atoms with Crippen molar-refractivity contribution in [1.82, 2.24) is 10.4 Å². The van der Waals surface area contributed by atoms with E-state index in [0.717, 1.165) is 33.2 Å². The molecule has 1 heterocycles. The highest BCUT2D eigenvalue weighted by Crippen LogP contribution is 2.38. The first-order valence-corrected chi connectivity index (χ1v) is 18.0. The largest absolute Gasteiger partial charge is 0.490 e. The molecule has 1 amide bonds. The first-order chi connectivity index (χ1) is 25.5. The zero-order valence-corrected chi connectivity index (χ0v) is 30.2. The van der Waals surface area contributed by atoms with E-state index in [9.17, 15) is 4.79 Å². The maximum atomic E-state index is 12.9. The lowest BCUT2D eigenvalue weighted by molar-refractivity contribution is 0.0955. The Bertz CT molecular complexity index is 2110. The van der Waals surface area contributed by atoms with Crippen molar-refractivity contribution in [3.8, 4) is 34.3 Å². The minimum Gasteiger partial charge on any atom is -0.490 e. The molecule has 0 spiro atoms. The van der Waals surface area contributed by atoms with E-state index in [-0.39, 0.29) is 12.5 Å². The number of rotatable bonds is 16. The number of carbonyl (C=O) groups is 1. The summed E-state index contributed by atoms with van der Waals surface area (Å²) in [5.74, 6) is 1.78. The number of halogens is 1. The molecule has 1 aromatic heterocycles. The van der Waals surface area contributed by atoms with Crippen LogP contribution in [0.4, 0.5) is 10.8 Å². The Morgan fingerprint density at radius 2 is 1.48 bits per heavy atom. The van der Waals surface area contributed by atoms with Crippen LogP contribution >= 0.6 is 22.9 Å². The van der Waals surface area contributed by atoms with Crippen LogP contribution in [-0.4, -0.2) is 30.3 Å². The van der Waals surface area contributed by atoms with E-state index < -0.39 is 0 Å². The van der Waals surface area contributed by atoms with Crippen LogP contribution in [0.25, 0.3) is 11.3 Å². The highest BCUT2D eigenvalue weighted by Gasteiger charge is 2.15. The molecule has 0 fully saturated rings. The highest BCUT2D eigenvalue weighted by atomic mass is 35.5. The number of anilines is 2. The molecule has 0 aliphatic carbocycles. The molecule has 0 radical (unpaired) electrons. The number of aromatic nitrogens is 1. The summed E-state index contributed by atoms with van der Waals surface area (Å²) in [4.78, 5) is 17.5. The summed E-state index contributed by atoms with van der Waals surface area (Å²) in [7, 11) is 0. The summed E-state index contributed by atoms with van der Waals surface area (Å²) in [5, 5.41) is 10.6. The van der Waals surface area contributed by atoms with Gasteiger partial charge in [0.05, 0.1) is 30.1 Å². The van der Waals surface area contributed by atoms with E-state index in [4.69, 9.17) is 30.5 Å². The van der Waals surface area contributed by atoms with E-state index in [1.165, 1.54) is 17.6 Å². The summed E-state index contributed by atoms with van der Waals surface area (Å²) in [6.07, 6.45) is 1.50. The number of nitrogens with zero attached hydrogens (tertiary/aromatic N) is 2. The Morgan fingerprint density at radius 1 is 0.769 bits per heavy atom. The molecule has 11 heteroatoms. The fourth-order valence-corrected chi connectivity index (χ4v) is 6.13. The van der Waals surface area contributed by atoms with Crippen LogP contribution < -0.4 is 29.7 Å². The monoisotopic (exact) mass is 732 g/mol. The van der Waals surface area contributed by atoms with Gasteiger partial charge in [-0.05, 0) is 79.1 Å². The SMILES string of the molecule is CCOc1cc(COc2c(Cl)cc(/C=N/NC(=O)c3ccc(-c4csc(Nc5ccccc5)n4)cc3)cc2OCC)ccc1OCc1ccccc1. The predicted octanol–water partition coefficient (Wildman–Crippen LogP) is 9.93. The molecule has 0 aliphatic heterocycles. The molecule has 52 heavy (non-hydrogen) atoms. The topological polar surface area (TPSA) is 103 Å². The van der Waals surface area contributed by atoms with Crippen LogP contribution in [0.2, 0.25) is 5.02 Å². The summed E-state index contributed by atoms with van der Waals surface area (Å²) in [5.41, 5.74) is 8.28. The Balaban J connectivity index is 1.06. The molecule has 0 bridgehead atoms. The minimum atomic E-state index is -0.355. The lowest BCUT2D eigenvalue weighted by atomic mass is 10.1. The van der Waals surface area contributed by atoms with Crippen LogP contribution in [-0.2, 0) is 13.2 Å². The Kier molecular flexibility index (Phi) is 12.4. The van der Waals surface area contributed by atoms with Crippen LogP contribution in [0, 0.1) is 0 Å². The van der Waals surface area contributed by atoms with Crippen molar-refractivity contribution in [3.05, 3.63) is 148 Å². The number of para-hydroxylation sites is 1. The van der Waals surface area contributed by atoms with Crippen molar-refractivity contribution < 1.29 is 23.7 Å². The van der Waals surface area contributed by atoms with E-state index in [1.807, 2.05) is 110 Å². The van der Waals surface area contributed by atoms with Gasteiger partial charge in [-0.25, -0.2) is 10.4 Å². The van der Waals surface area contributed by atoms with E-state index in [1.54, 1.807) is 24.3 Å². The summed E-state index contributed by atoms with van der Waals surface area (Å²) < 4.78 is 23.9. The van der Waals surface area contributed by atoms with E-state index in [0.29, 0.717) is 59.0 Å². The fraction of sp³-hybridized carbons (Fsp3) is 0.146. The molecule has 0 saturated heterocycles. The van der Waals surface area contributed by atoms with Crippen molar-refractivity contribution in [3.63, 3.8) is 0 Å². The Morgan fingerprint density at radius 3 is 2.23 bits per heavy atom. The van der Waals surface area contributed by atoms with Gasteiger partial charge in [-0.2, -0.15) is 5.10 Å². The normalized spacial score (nSPS) is 10.9. The highest BCUT2D eigenvalue weighted by molar-refractivity contribution is 7.14. The Hall–Kier alpha value is -5.84. The molecule has 9 nitrogen and oxygen atoms in total. The van der Waals surface area contributed by atoms with E-state index in [2.05, 4.69) is 20.8 Å². The van der Waals surface area contributed by atoms with Crippen molar-refractivity contribution in [1.29, 1.82) is 0 Å². The van der Waals surface area contributed by atoms with Gasteiger partial charge in [-0.3, -0.25) is 4.79 Å². The summed E-state index contributed by atoms with van der Waals surface area (Å²) in [6.45, 7) is 5.34. The lowest BCUT2D eigenvalue weighted by Crippen LogP contribution is -2.17. The number of hydrazone groups is 1. The van der Waals surface area contributed by atoms with Gasteiger partial charge in [-0.1, -0.05) is 78.3 Å². The smallest absolute Gasteiger partial charge is 0.271 e. The molecule has 0 aliphatic rings. The zero-order chi connectivity index (χ0) is 36.1. The van der Waals surface area contributed by atoms with Gasteiger partial charge in [0.25, 0.3) is 5.91 Å². The fourth-order valence-electron chi connectivity index (χ4n) is 5.12. The second-order valence-corrected chi connectivity index (χ2v) is 12.6. The lowest BCUT2D eigenvalue weighted by Gasteiger charge is -2.16. The molecule has 0 atom stereocenters. The quantitative estimate of drug-likeness (QED) is 0.0754. The molecular formula is C41H37ClN4O5S. The molecule has 264 valence electrons. The molecule has 0 unspecified atom stereocenters. The number of benzene rings is 5. The average Bonchev–Trinajstić information content (AvgIpc) is 3.63. The number of nitrogens with one attached hydrogen (secondary N) is 2. The van der Waals surface area contributed by atoms with Crippen LogP contribution in [0.3, 0.4) is 0 Å². The maximum Gasteiger partial charge on any atom is 0.271 e. The second kappa shape index (κ2) is 17.9. The van der Waals surface area contributed by atoms with Gasteiger partial charge in [0.15, 0.2) is 28.1 Å². The molecule has 2 N–H and O–H groups in total. The number of hydrogen-bond donors (Lipinski definition) is 2. The minimum absolute atomic E-state index is 0.218. The summed E-state index contributed by atoms with van der Waals surface area (Å²) in [6, 6.07) is 36.2. The molecule has 5 aromatic carbocycles. The van der Waals surface area contributed by atoms with Gasteiger partial charge in [0.1, 0.15) is 13.2 Å². The molecule has 6 aromatic rings. The van der Waals surface area contributed by atoms with Crippen molar-refractivity contribution >= 4 is 45.9 Å². The molecule has 0 saturated carbocycles. The van der Waals surface area contributed by atoms with Gasteiger partial charge in [0.2, 0.25) is 0 Å². The molecule has 6 rings (SSSR count). The van der Waals surface area contributed by atoms with Crippen molar-refractivity contribution in [2.45, 2.75) is 27.1 Å². The van der Waals surface area contributed by atoms with Crippen molar-refractivity contribution in [2.24, 2.45) is 5.10 Å². The van der Waals surface area contributed by atoms with Gasteiger partial charge in [-0.15, -0.1) is 11.3 Å². The Labute approximate surface area is 311 Å². The van der Waals surface area contributed by atoms with Crippen LogP contribution in [0.5, 0.6) is 23.0 Å². The number of carbonyl (C=O) groups excluding carboxylic acids is 1. The summed E-state index contributed by atoms with van der Waals surface area (Å²) >= 11 is 8.19. The van der Waals surface area contributed by atoms with E-state index >= 15 is 0 Å². The first kappa shape index (κ1) is 36.0. The molecular weight excluding hydrogens is 696 g/mol. The second-order valence-electron chi connectivity index (χ2n) is 11.3. The van der Waals surface area contributed by atoms with Crippen molar-refractivity contribution in [2.75, 3.05) is 18.5 Å². The van der Waals surface area contributed by atoms with Gasteiger partial charge < -0.3 is 24.3 Å². The van der Waals surface area contributed by atoms with Crippen LogP contribution in [0.1, 0.15) is 40.9 Å². The van der Waals surface area contributed by atoms with Crippen LogP contribution in [0.15, 0.2) is 126 Å². The third-order valence-corrected chi connectivity index (χ3v) is 8.65. The van der Waals surface area contributed by atoms with Gasteiger partial charge in [0, 0.05) is 22.2 Å². The number of amides is 1. The zero-order valence-electron chi connectivity index (χ0n) is 28.7. The standard InChI is InChI=1S/C41H37ClN4O5S/c1-3-48-37-22-29(15-20-36(37)50-25-28-11-7-5-8-12-28)26-51-39-34(42)21-30(23-38(39)49-4-2)24-43-46-40(47)32-18-16-31(17-19-32)35-27-52-41(45-35)44-33-13-9-6-10-14-33/h5-24,27H,3-4,25-26H2,1-2H3,(H,44,45)(H,46,47)/b43-24+.